The second-order valence-electron chi connectivity index (χ2n) is 6.89. The molecule has 0 radical (unpaired) electrons. The maximum Gasteiger partial charge on any atom is 0.184 e. The van der Waals surface area contributed by atoms with E-state index in [1.54, 1.807) is 43.3 Å². The fourth-order valence-corrected chi connectivity index (χ4v) is 4.43. The van der Waals surface area contributed by atoms with Gasteiger partial charge in [0.05, 0.1) is 12.2 Å². The van der Waals surface area contributed by atoms with E-state index in [9.17, 15) is 19.5 Å². The largest absolute Gasteiger partial charge is 0.469 e. The van der Waals surface area contributed by atoms with Crippen LogP contribution in [0, 0.1) is 11.3 Å². The standard InChI is InChI=1S/C20H18O5/c1-2-16(21)15-11-19(10-12-6-5-9-25-12)17(22)13-7-3-4-8-14(13)20(15,24)18(19)23/h3-9,15,24H,2,10-11H2,1H3/t15-,19-,20+/m0/s1. The highest BCUT2D eigenvalue weighted by Crippen LogP contribution is 2.58. The Bertz CT molecular complexity index is 881. The summed E-state index contributed by atoms with van der Waals surface area (Å²) in [4.78, 5) is 39.1. The monoisotopic (exact) mass is 338 g/mol. The first-order valence-corrected chi connectivity index (χ1v) is 8.42. The van der Waals surface area contributed by atoms with Crippen LogP contribution in [0.25, 0.3) is 0 Å². The number of fused-ring (bicyclic) bond motifs is 4. The molecule has 0 aliphatic heterocycles. The first-order chi connectivity index (χ1) is 11.9. The second kappa shape index (κ2) is 5.23. The summed E-state index contributed by atoms with van der Waals surface area (Å²) >= 11 is 0. The zero-order chi connectivity index (χ0) is 17.8. The van der Waals surface area contributed by atoms with E-state index in [1.165, 1.54) is 6.26 Å². The van der Waals surface area contributed by atoms with Crippen molar-refractivity contribution >= 4 is 17.3 Å². The van der Waals surface area contributed by atoms with Gasteiger partial charge < -0.3 is 9.52 Å². The molecule has 0 spiro atoms. The molecule has 2 aliphatic rings. The lowest BCUT2D eigenvalue weighted by Gasteiger charge is -2.35. The molecule has 2 bridgehead atoms. The van der Waals surface area contributed by atoms with Gasteiger partial charge >= 0.3 is 0 Å². The summed E-state index contributed by atoms with van der Waals surface area (Å²) in [6.45, 7) is 1.70. The fourth-order valence-electron chi connectivity index (χ4n) is 4.43. The minimum Gasteiger partial charge on any atom is -0.469 e. The minimum atomic E-state index is -1.94. The molecule has 0 amide bonds. The number of ketones is 3. The first-order valence-electron chi connectivity index (χ1n) is 8.42. The van der Waals surface area contributed by atoms with E-state index in [0.29, 0.717) is 11.3 Å². The van der Waals surface area contributed by atoms with Gasteiger partial charge in [0.15, 0.2) is 17.2 Å². The minimum absolute atomic E-state index is 0.0171. The van der Waals surface area contributed by atoms with Gasteiger partial charge in [-0.3, -0.25) is 14.4 Å². The Kier molecular flexibility index (Phi) is 3.34. The summed E-state index contributed by atoms with van der Waals surface area (Å²) in [5.74, 6) is -1.53. The van der Waals surface area contributed by atoms with Crippen molar-refractivity contribution in [3.8, 4) is 0 Å². The zero-order valence-corrected chi connectivity index (χ0v) is 13.8. The number of hydrogen-bond acceptors (Lipinski definition) is 5. The molecule has 1 aromatic carbocycles. The third kappa shape index (κ3) is 1.90. The Morgan fingerprint density at radius 2 is 2.00 bits per heavy atom. The molecule has 1 fully saturated rings. The van der Waals surface area contributed by atoms with Crippen molar-refractivity contribution in [2.45, 2.75) is 31.8 Å². The average molecular weight is 338 g/mol. The van der Waals surface area contributed by atoms with Crippen LogP contribution in [0.15, 0.2) is 47.1 Å². The summed E-state index contributed by atoms with van der Waals surface area (Å²) in [7, 11) is 0. The molecule has 128 valence electrons. The number of Topliss-reactive ketones (excluding diaryl/α,β-unsaturated/α-hetero) is 3. The molecule has 1 N–H and O–H groups in total. The second-order valence-corrected chi connectivity index (χ2v) is 6.89. The smallest absolute Gasteiger partial charge is 0.184 e. The van der Waals surface area contributed by atoms with Crippen molar-refractivity contribution in [2.75, 3.05) is 0 Å². The fraction of sp³-hybridized carbons (Fsp3) is 0.350. The van der Waals surface area contributed by atoms with E-state index >= 15 is 0 Å². The lowest BCUT2D eigenvalue weighted by atomic mass is 9.66. The van der Waals surface area contributed by atoms with Crippen molar-refractivity contribution in [1.29, 1.82) is 0 Å². The quantitative estimate of drug-likeness (QED) is 0.866. The van der Waals surface area contributed by atoms with Gasteiger partial charge in [-0.05, 0) is 18.6 Å². The predicted octanol–water partition coefficient (Wildman–Crippen LogP) is 2.46. The maximum atomic E-state index is 13.3. The highest BCUT2D eigenvalue weighted by Gasteiger charge is 2.70. The highest BCUT2D eigenvalue weighted by atomic mass is 16.3. The van der Waals surface area contributed by atoms with Crippen LogP contribution in [0.5, 0.6) is 0 Å². The van der Waals surface area contributed by atoms with E-state index in [1.807, 2.05) is 0 Å². The Balaban J connectivity index is 1.95. The summed E-state index contributed by atoms with van der Waals surface area (Å²) in [6.07, 6.45) is 1.76. The van der Waals surface area contributed by atoms with Crippen LogP contribution in [0.1, 0.15) is 41.4 Å². The van der Waals surface area contributed by atoms with Gasteiger partial charge in [-0.15, -0.1) is 0 Å². The van der Waals surface area contributed by atoms with Gasteiger partial charge in [0.2, 0.25) is 0 Å². The number of benzene rings is 1. The van der Waals surface area contributed by atoms with Crippen molar-refractivity contribution in [1.82, 2.24) is 0 Å². The van der Waals surface area contributed by atoms with Crippen LogP contribution >= 0.6 is 0 Å². The summed E-state index contributed by atoms with van der Waals surface area (Å²) < 4.78 is 5.35. The molecule has 5 heteroatoms. The van der Waals surface area contributed by atoms with Crippen LogP contribution < -0.4 is 0 Å². The highest BCUT2D eigenvalue weighted by molar-refractivity contribution is 6.24. The van der Waals surface area contributed by atoms with Crippen LogP contribution in [0.4, 0.5) is 0 Å². The Hall–Kier alpha value is -2.53. The molecule has 2 aliphatic carbocycles. The zero-order valence-electron chi connectivity index (χ0n) is 13.8. The summed E-state index contributed by atoms with van der Waals surface area (Å²) in [5, 5.41) is 11.4. The number of carbonyl (C=O) groups excluding carboxylic acids is 3. The summed E-state index contributed by atoms with van der Waals surface area (Å²) in [6, 6.07) is 9.95. The maximum absolute atomic E-state index is 13.3. The molecule has 4 rings (SSSR count). The molecular weight excluding hydrogens is 320 g/mol. The Morgan fingerprint density at radius 3 is 2.68 bits per heavy atom. The van der Waals surface area contributed by atoms with Crippen molar-refractivity contribution in [2.24, 2.45) is 11.3 Å². The molecule has 1 heterocycles. The molecule has 5 nitrogen and oxygen atoms in total. The molecule has 0 unspecified atom stereocenters. The molecule has 1 saturated carbocycles. The summed E-state index contributed by atoms with van der Waals surface area (Å²) in [5.41, 5.74) is -2.81. The van der Waals surface area contributed by atoms with Crippen LogP contribution in [0.3, 0.4) is 0 Å². The van der Waals surface area contributed by atoms with Gasteiger partial charge in [0, 0.05) is 24.0 Å². The average Bonchev–Trinajstić information content (AvgIpc) is 3.20. The number of carbonyl (C=O) groups is 3. The van der Waals surface area contributed by atoms with Crippen LogP contribution in [-0.4, -0.2) is 22.5 Å². The van der Waals surface area contributed by atoms with Gasteiger partial charge in [0.25, 0.3) is 0 Å². The number of aliphatic hydroxyl groups is 1. The van der Waals surface area contributed by atoms with Crippen LogP contribution in [-0.2, 0) is 21.6 Å². The number of rotatable bonds is 4. The van der Waals surface area contributed by atoms with E-state index < -0.39 is 22.7 Å². The third-order valence-electron chi connectivity index (χ3n) is 5.65. The Morgan fingerprint density at radius 1 is 1.24 bits per heavy atom. The van der Waals surface area contributed by atoms with Crippen molar-refractivity contribution in [3.63, 3.8) is 0 Å². The van der Waals surface area contributed by atoms with E-state index in [0.717, 1.165) is 0 Å². The Labute approximate surface area is 144 Å². The topological polar surface area (TPSA) is 84.6 Å². The van der Waals surface area contributed by atoms with E-state index in [4.69, 9.17) is 4.42 Å². The van der Waals surface area contributed by atoms with E-state index in [2.05, 4.69) is 0 Å². The molecule has 3 atom stereocenters. The number of furan rings is 1. The molecule has 2 aromatic rings. The number of hydrogen-bond donors (Lipinski definition) is 1. The molecule has 0 saturated heterocycles. The first kappa shape index (κ1) is 16.0. The normalized spacial score (nSPS) is 30.4. The van der Waals surface area contributed by atoms with Gasteiger partial charge in [-0.2, -0.15) is 0 Å². The van der Waals surface area contributed by atoms with Gasteiger partial charge in [-0.25, -0.2) is 0 Å². The lowest BCUT2D eigenvalue weighted by Crippen LogP contribution is -2.51. The van der Waals surface area contributed by atoms with Gasteiger partial charge in [0.1, 0.15) is 17.0 Å². The van der Waals surface area contributed by atoms with E-state index in [-0.39, 0.29) is 36.4 Å². The molecule has 1 aromatic heterocycles. The van der Waals surface area contributed by atoms with Crippen molar-refractivity contribution < 1.29 is 23.9 Å². The third-order valence-corrected chi connectivity index (χ3v) is 5.65. The molecular formula is C20H18O5. The molecule has 25 heavy (non-hydrogen) atoms. The van der Waals surface area contributed by atoms with Crippen molar-refractivity contribution in [3.05, 3.63) is 59.5 Å². The van der Waals surface area contributed by atoms with Crippen LogP contribution in [0.2, 0.25) is 0 Å². The lowest BCUT2D eigenvalue weighted by molar-refractivity contribution is -0.148. The SMILES string of the molecule is CCC(=O)[C@@H]1C[C@@]2(Cc3ccco3)C(=O)c3ccccc3[C@]1(O)C2=O. The predicted molar refractivity (Wildman–Crippen MR) is 87.9 cm³/mol. The van der Waals surface area contributed by atoms with Gasteiger partial charge in [-0.1, -0.05) is 31.2 Å².